The van der Waals surface area contributed by atoms with E-state index in [9.17, 15) is 9.50 Å². The summed E-state index contributed by atoms with van der Waals surface area (Å²) in [6, 6.07) is 9.64. The van der Waals surface area contributed by atoms with Crippen molar-refractivity contribution in [1.29, 1.82) is 0 Å². The van der Waals surface area contributed by atoms with Gasteiger partial charge in [0.25, 0.3) is 0 Å². The second-order valence-corrected chi connectivity index (χ2v) is 9.21. The minimum absolute atomic E-state index is 0.298. The van der Waals surface area contributed by atoms with Crippen LogP contribution in [0.3, 0.4) is 0 Å². The first kappa shape index (κ1) is 22.8. The lowest BCUT2D eigenvalue weighted by Crippen LogP contribution is -2.32. The normalized spacial score (nSPS) is 16.1. The molecule has 1 saturated heterocycles. The molecule has 34 heavy (non-hydrogen) atoms. The van der Waals surface area contributed by atoms with Crippen LogP contribution in [-0.4, -0.2) is 37.7 Å². The molecule has 0 bridgehead atoms. The van der Waals surface area contributed by atoms with Crippen LogP contribution in [0.25, 0.3) is 22.6 Å². The maximum atomic E-state index is 13.7. The molecule has 5 rings (SSSR count). The van der Waals surface area contributed by atoms with Gasteiger partial charge in [-0.2, -0.15) is 4.98 Å². The number of aromatic hydroxyl groups is 1. The van der Waals surface area contributed by atoms with Crippen LogP contribution in [0.5, 0.6) is 5.75 Å². The van der Waals surface area contributed by atoms with Crippen molar-refractivity contribution in [3.05, 3.63) is 64.0 Å². The van der Waals surface area contributed by atoms with Crippen LogP contribution in [0.15, 0.2) is 42.6 Å². The predicted molar refractivity (Wildman–Crippen MR) is 132 cm³/mol. The minimum Gasteiger partial charge on any atom is -0.505 e. The first-order valence-corrected chi connectivity index (χ1v) is 11.8. The molecule has 0 saturated carbocycles. The third-order valence-electron chi connectivity index (χ3n) is 5.98. The van der Waals surface area contributed by atoms with Gasteiger partial charge < -0.3 is 20.3 Å². The Bertz CT molecular complexity index is 1320. The van der Waals surface area contributed by atoms with Gasteiger partial charge in [0.2, 0.25) is 5.95 Å². The van der Waals surface area contributed by atoms with E-state index in [4.69, 9.17) is 33.2 Å². The molecule has 2 aromatic heterocycles. The summed E-state index contributed by atoms with van der Waals surface area (Å²) in [5.74, 6) is 0.408. The molecule has 2 aromatic carbocycles. The number of hydrogen-bond donors (Lipinski definition) is 3. The van der Waals surface area contributed by atoms with Crippen molar-refractivity contribution in [2.24, 2.45) is 5.92 Å². The molecule has 176 valence electrons. The van der Waals surface area contributed by atoms with Crippen LogP contribution in [0, 0.1) is 11.7 Å². The molecule has 7 nitrogen and oxygen atoms in total. The SMILES string of the molecule is Oc1ccc(CNc2ncc3nc(-c4c(Cl)cccc4Cl)n(CC4CCCNC4)c3n2)cc1F. The number of imidazole rings is 1. The smallest absolute Gasteiger partial charge is 0.225 e. The van der Waals surface area contributed by atoms with Crippen molar-refractivity contribution >= 4 is 40.3 Å². The number of anilines is 1. The first-order valence-electron chi connectivity index (χ1n) is 11.1. The Hall–Kier alpha value is -2.94. The van der Waals surface area contributed by atoms with Crippen LogP contribution >= 0.6 is 23.2 Å². The number of halogens is 3. The van der Waals surface area contributed by atoms with Crippen molar-refractivity contribution in [2.45, 2.75) is 25.9 Å². The highest BCUT2D eigenvalue weighted by Gasteiger charge is 2.23. The summed E-state index contributed by atoms with van der Waals surface area (Å²) in [5.41, 5.74) is 2.63. The fourth-order valence-electron chi connectivity index (χ4n) is 4.26. The lowest BCUT2D eigenvalue weighted by molar-refractivity contribution is 0.341. The fourth-order valence-corrected chi connectivity index (χ4v) is 4.83. The highest BCUT2D eigenvalue weighted by Crippen LogP contribution is 2.36. The van der Waals surface area contributed by atoms with Crippen LogP contribution in [-0.2, 0) is 13.1 Å². The maximum Gasteiger partial charge on any atom is 0.225 e. The highest BCUT2D eigenvalue weighted by atomic mass is 35.5. The quantitative estimate of drug-likeness (QED) is 0.334. The number of aromatic nitrogens is 4. The van der Waals surface area contributed by atoms with Crippen molar-refractivity contribution < 1.29 is 9.50 Å². The van der Waals surface area contributed by atoms with E-state index in [2.05, 4.69) is 20.2 Å². The van der Waals surface area contributed by atoms with Gasteiger partial charge >= 0.3 is 0 Å². The number of nitrogens with one attached hydrogen (secondary N) is 2. The number of nitrogens with zero attached hydrogens (tertiary/aromatic N) is 4. The first-order chi connectivity index (χ1) is 16.5. The number of rotatable bonds is 6. The van der Waals surface area contributed by atoms with Crippen LogP contribution in [0.2, 0.25) is 10.0 Å². The minimum atomic E-state index is -0.670. The summed E-state index contributed by atoms with van der Waals surface area (Å²) in [4.78, 5) is 13.9. The average molecular weight is 501 g/mol. The summed E-state index contributed by atoms with van der Waals surface area (Å²) in [6.45, 7) is 2.95. The molecule has 3 N–H and O–H groups in total. The van der Waals surface area contributed by atoms with E-state index < -0.39 is 5.82 Å². The third kappa shape index (κ3) is 4.66. The zero-order valence-corrected chi connectivity index (χ0v) is 19.7. The van der Waals surface area contributed by atoms with Crippen LogP contribution < -0.4 is 10.6 Å². The molecular weight excluding hydrogens is 478 g/mol. The number of phenolic OH excluding ortho intramolecular Hbond substituents is 1. The Morgan fingerprint density at radius 1 is 1.18 bits per heavy atom. The molecule has 0 amide bonds. The summed E-state index contributed by atoms with van der Waals surface area (Å²) in [6.07, 6.45) is 3.88. The highest BCUT2D eigenvalue weighted by molar-refractivity contribution is 6.39. The second kappa shape index (κ2) is 9.74. The van der Waals surface area contributed by atoms with Crippen LogP contribution in [0.4, 0.5) is 10.3 Å². The maximum absolute atomic E-state index is 13.7. The van der Waals surface area contributed by atoms with E-state index in [1.54, 1.807) is 30.5 Å². The molecule has 0 radical (unpaired) electrons. The molecule has 10 heteroatoms. The zero-order valence-electron chi connectivity index (χ0n) is 18.2. The molecule has 0 aliphatic carbocycles. The number of benzene rings is 2. The molecule has 3 heterocycles. The standard InChI is InChI=1S/C24H23Cl2FN6O/c25-16-4-1-5-17(26)21(16)23-31-19-12-30-24(29-11-14-6-7-20(34)18(27)9-14)32-22(19)33(23)13-15-3-2-8-28-10-15/h1,4-7,9,12,15,28,34H,2-3,8,10-11,13H2,(H,29,30,32). The van der Waals surface area contributed by atoms with E-state index in [1.165, 1.54) is 12.1 Å². The monoisotopic (exact) mass is 500 g/mol. The Labute approximate surface area is 206 Å². The summed E-state index contributed by atoms with van der Waals surface area (Å²) < 4.78 is 15.7. The fraction of sp³-hybridized carbons (Fsp3) is 0.292. The number of piperidine rings is 1. The molecule has 0 spiro atoms. The van der Waals surface area contributed by atoms with Gasteiger partial charge in [0.05, 0.1) is 21.8 Å². The van der Waals surface area contributed by atoms with Crippen molar-refractivity contribution in [3.63, 3.8) is 0 Å². The average Bonchev–Trinajstić information content (AvgIpc) is 3.17. The second-order valence-electron chi connectivity index (χ2n) is 8.40. The van der Waals surface area contributed by atoms with Gasteiger partial charge in [-0.15, -0.1) is 0 Å². The van der Waals surface area contributed by atoms with E-state index in [0.717, 1.165) is 25.9 Å². The van der Waals surface area contributed by atoms with Gasteiger partial charge in [-0.3, -0.25) is 0 Å². The zero-order chi connectivity index (χ0) is 23.7. The van der Waals surface area contributed by atoms with Gasteiger partial charge in [-0.1, -0.05) is 35.3 Å². The predicted octanol–water partition coefficient (Wildman–Crippen LogP) is 5.26. The van der Waals surface area contributed by atoms with Crippen LogP contribution in [0.1, 0.15) is 18.4 Å². The van der Waals surface area contributed by atoms with Gasteiger partial charge in [0, 0.05) is 13.1 Å². The van der Waals surface area contributed by atoms with E-state index in [1.807, 2.05) is 0 Å². The summed E-state index contributed by atoms with van der Waals surface area (Å²) in [5, 5.41) is 17.0. The summed E-state index contributed by atoms with van der Waals surface area (Å²) in [7, 11) is 0. The molecular formula is C24H23Cl2FN6O. The molecule has 1 atom stereocenters. The summed E-state index contributed by atoms with van der Waals surface area (Å²) >= 11 is 13.1. The lowest BCUT2D eigenvalue weighted by Gasteiger charge is -2.24. The number of phenols is 1. The van der Waals surface area contributed by atoms with E-state index in [-0.39, 0.29) is 5.75 Å². The Morgan fingerprint density at radius 3 is 2.74 bits per heavy atom. The van der Waals surface area contributed by atoms with Crippen molar-refractivity contribution in [2.75, 3.05) is 18.4 Å². The molecule has 4 aromatic rings. The Kier molecular flexibility index (Phi) is 6.54. The number of fused-ring (bicyclic) bond motifs is 1. The lowest BCUT2D eigenvalue weighted by atomic mass is 9.99. The van der Waals surface area contributed by atoms with Crippen molar-refractivity contribution in [3.8, 4) is 17.1 Å². The van der Waals surface area contributed by atoms with E-state index >= 15 is 0 Å². The third-order valence-corrected chi connectivity index (χ3v) is 6.61. The molecule has 1 aliphatic rings. The molecule has 1 unspecified atom stereocenters. The largest absolute Gasteiger partial charge is 0.505 e. The molecule has 1 fully saturated rings. The number of hydrogen-bond acceptors (Lipinski definition) is 6. The van der Waals surface area contributed by atoms with Gasteiger partial charge in [-0.05, 0) is 61.7 Å². The van der Waals surface area contributed by atoms with Gasteiger partial charge in [-0.25, -0.2) is 14.4 Å². The Balaban J connectivity index is 1.52. The van der Waals surface area contributed by atoms with Gasteiger partial charge in [0.1, 0.15) is 11.3 Å². The van der Waals surface area contributed by atoms with Gasteiger partial charge in [0.15, 0.2) is 17.2 Å². The van der Waals surface area contributed by atoms with E-state index in [0.29, 0.717) is 63.1 Å². The Morgan fingerprint density at radius 2 is 2.00 bits per heavy atom. The molecule has 1 aliphatic heterocycles. The van der Waals surface area contributed by atoms with Crippen molar-refractivity contribution in [1.82, 2.24) is 24.8 Å². The topological polar surface area (TPSA) is 87.9 Å².